The lowest BCUT2D eigenvalue weighted by atomic mass is 9.75. The fourth-order valence-electron chi connectivity index (χ4n) is 2.59. The first-order chi connectivity index (χ1) is 6.59. The Bertz CT molecular complexity index is 239. The maximum absolute atomic E-state index is 5.75. The number of hydrogen-bond donors (Lipinski definition) is 0. The van der Waals surface area contributed by atoms with E-state index in [1.54, 1.807) is 0 Å². The first kappa shape index (κ1) is 9.13. The standard InChI is InChI=1S/C11H18O3/c1-10(2)12-6-11(7-13-10)4-3-8-9(5-11)14-8/h8-9H,3-7H2,1-2H3. The highest BCUT2D eigenvalue weighted by Crippen LogP contribution is 2.48. The van der Waals surface area contributed by atoms with Crippen LogP contribution in [0.4, 0.5) is 0 Å². The molecule has 1 aliphatic carbocycles. The lowest BCUT2D eigenvalue weighted by Gasteiger charge is -2.44. The molecule has 1 spiro atoms. The van der Waals surface area contributed by atoms with Crippen LogP contribution in [0.25, 0.3) is 0 Å². The average Bonchev–Trinajstić information content (AvgIpc) is 2.89. The van der Waals surface area contributed by atoms with Crippen molar-refractivity contribution >= 4 is 0 Å². The molecular formula is C11H18O3. The second kappa shape index (κ2) is 2.71. The molecule has 14 heavy (non-hydrogen) atoms. The van der Waals surface area contributed by atoms with Gasteiger partial charge in [0.1, 0.15) is 0 Å². The van der Waals surface area contributed by atoms with Crippen LogP contribution in [0.3, 0.4) is 0 Å². The predicted molar refractivity (Wildman–Crippen MR) is 50.9 cm³/mol. The smallest absolute Gasteiger partial charge is 0.162 e. The molecule has 3 heteroatoms. The first-order valence-corrected chi connectivity index (χ1v) is 5.52. The van der Waals surface area contributed by atoms with E-state index >= 15 is 0 Å². The molecule has 2 aliphatic heterocycles. The van der Waals surface area contributed by atoms with Gasteiger partial charge in [-0.3, -0.25) is 0 Å². The van der Waals surface area contributed by atoms with Gasteiger partial charge in [0.05, 0.1) is 25.4 Å². The zero-order valence-electron chi connectivity index (χ0n) is 8.91. The monoisotopic (exact) mass is 198 g/mol. The minimum Gasteiger partial charge on any atom is -0.370 e. The number of ether oxygens (including phenoxy) is 3. The lowest BCUT2D eigenvalue weighted by Crippen LogP contribution is -2.48. The number of epoxide rings is 1. The largest absolute Gasteiger partial charge is 0.370 e. The Kier molecular flexibility index (Phi) is 1.77. The van der Waals surface area contributed by atoms with Crippen molar-refractivity contribution in [2.24, 2.45) is 5.41 Å². The Morgan fingerprint density at radius 2 is 1.79 bits per heavy atom. The summed E-state index contributed by atoms with van der Waals surface area (Å²) < 4.78 is 17.0. The molecule has 2 atom stereocenters. The van der Waals surface area contributed by atoms with Gasteiger partial charge in [0, 0.05) is 5.41 Å². The SMILES string of the molecule is CC1(C)OCC2(CCC3OC3C2)CO1. The van der Waals surface area contributed by atoms with Crippen molar-refractivity contribution in [3.63, 3.8) is 0 Å². The average molecular weight is 198 g/mol. The second-order valence-corrected chi connectivity index (χ2v) is 5.43. The summed E-state index contributed by atoms with van der Waals surface area (Å²) in [5.74, 6) is -0.382. The highest BCUT2D eigenvalue weighted by Gasteiger charge is 2.52. The molecule has 0 bridgehead atoms. The molecule has 0 aromatic rings. The summed E-state index contributed by atoms with van der Waals surface area (Å²) in [7, 11) is 0. The zero-order valence-corrected chi connectivity index (χ0v) is 8.91. The highest BCUT2D eigenvalue weighted by atomic mass is 16.7. The van der Waals surface area contributed by atoms with Crippen molar-refractivity contribution in [2.75, 3.05) is 13.2 Å². The van der Waals surface area contributed by atoms with E-state index in [1.807, 2.05) is 13.8 Å². The molecule has 0 amide bonds. The van der Waals surface area contributed by atoms with Gasteiger partial charge in [-0.05, 0) is 33.1 Å². The minimum absolute atomic E-state index is 0.257. The molecule has 0 N–H and O–H groups in total. The van der Waals surface area contributed by atoms with Crippen LogP contribution in [0.1, 0.15) is 33.1 Å². The van der Waals surface area contributed by atoms with Crippen LogP contribution < -0.4 is 0 Å². The van der Waals surface area contributed by atoms with Gasteiger partial charge < -0.3 is 14.2 Å². The topological polar surface area (TPSA) is 31.0 Å². The van der Waals surface area contributed by atoms with Crippen LogP contribution in [0.2, 0.25) is 0 Å². The minimum atomic E-state index is -0.382. The maximum atomic E-state index is 5.75. The van der Waals surface area contributed by atoms with E-state index in [0.717, 1.165) is 19.6 Å². The van der Waals surface area contributed by atoms with Gasteiger partial charge in [0.2, 0.25) is 0 Å². The fourth-order valence-corrected chi connectivity index (χ4v) is 2.59. The van der Waals surface area contributed by atoms with Crippen molar-refractivity contribution in [1.82, 2.24) is 0 Å². The molecule has 2 unspecified atom stereocenters. The van der Waals surface area contributed by atoms with Gasteiger partial charge >= 0.3 is 0 Å². The predicted octanol–water partition coefficient (Wildman–Crippen LogP) is 1.71. The summed E-state index contributed by atoms with van der Waals surface area (Å²) in [6.45, 7) is 5.65. The second-order valence-electron chi connectivity index (χ2n) is 5.43. The third kappa shape index (κ3) is 1.47. The van der Waals surface area contributed by atoms with E-state index in [4.69, 9.17) is 14.2 Å². The normalized spacial score (nSPS) is 43.3. The lowest BCUT2D eigenvalue weighted by molar-refractivity contribution is -0.289. The molecule has 0 aromatic heterocycles. The molecule has 3 aliphatic rings. The van der Waals surface area contributed by atoms with E-state index in [1.165, 1.54) is 12.8 Å². The highest BCUT2D eigenvalue weighted by molar-refractivity contribution is 5.00. The molecule has 3 rings (SSSR count). The van der Waals surface area contributed by atoms with E-state index in [9.17, 15) is 0 Å². The van der Waals surface area contributed by atoms with Crippen LogP contribution in [0.15, 0.2) is 0 Å². The van der Waals surface area contributed by atoms with Gasteiger partial charge in [-0.25, -0.2) is 0 Å². The van der Waals surface area contributed by atoms with E-state index in [2.05, 4.69) is 0 Å². The Hall–Kier alpha value is -0.120. The summed E-state index contributed by atoms with van der Waals surface area (Å²) in [5.41, 5.74) is 0.257. The number of fused-ring (bicyclic) bond motifs is 1. The molecule has 1 saturated carbocycles. The van der Waals surface area contributed by atoms with Crippen LogP contribution in [-0.4, -0.2) is 31.2 Å². The molecular weight excluding hydrogens is 180 g/mol. The Morgan fingerprint density at radius 1 is 1.07 bits per heavy atom. The summed E-state index contributed by atoms with van der Waals surface area (Å²) in [4.78, 5) is 0. The molecule has 80 valence electrons. The van der Waals surface area contributed by atoms with Crippen molar-refractivity contribution in [3.8, 4) is 0 Å². The molecule has 3 nitrogen and oxygen atoms in total. The van der Waals surface area contributed by atoms with E-state index in [-0.39, 0.29) is 11.2 Å². The third-order valence-electron chi connectivity index (χ3n) is 3.73. The van der Waals surface area contributed by atoms with E-state index < -0.39 is 0 Å². The zero-order chi connectivity index (χ0) is 9.81. The van der Waals surface area contributed by atoms with Gasteiger partial charge in [-0.1, -0.05) is 0 Å². The molecule has 3 fully saturated rings. The summed E-state index contributed by atoms with van der Waals surface area (Å²) >= 11 is 0. The van der Waals surface area contributed by atoms with Gasteiger partial charge in [-0.2, -0.15) is 0 Å². The van der Waals surface area contributed by atoms with Crippen molar-refractivity contribution in [2.45, 2.75) is 51.1 Å². The summed E-state index contributed by atoms with van der Waals surface area (Å²) in [6.07, 6.45) is 4.60. The molecule has 0 radical (unpaired) electrons. The molecule has 0 aromatic carbocycles. The maximum Gasteiger partial charge on any atom is 0.162 e. The van der Waals surface area contributed by atoms with Crippen LogP contribution in [0, 0.1) is 5.41 Å². The van der Waals surface area contributed by atoms with Crippen LogP contribution >= 0.6 is 0 Å². The Morgan fingerprint density at radius 3 is 2.43 bits per heavy atom. The number of rotatable bonds is 0. The van der Waals surface area contributed by atoms with Crippen LogP contribution in [0.5, 0.6) is 0 Å². The van der Waals surface area contributed by atoms with Crippen molar-refractivity contribution in [1.29, 1.82) is 0 Å². The third-order valence-corrected chi connectivity index (χ3v) is 3.73. The number of hydrogen-bond acceptors (Lipinski definition) is 3. The van der Waals surface area contributed by atoms with Gasteiger partial charge in [0.25, 0.3) is 0 Å². The Labute approximate surface area is 84.7 Å². The van der Waals surface area contributed by atoms with Gasteiger partial charge in [0.15, 0.2) is 5.79 Å². The van der Waals surface area contributed by atoms with Crippen molar-refractivity contribution in [3.05, 3.63) is 0 Å². The molecule has 2 heterocycles. The van der Waals surface area contributed by atoms with E-state index in [0.29, 0.717) is 12.2 Å². The Balaban J connectivity index is 1.67. The molecule has 2 saturated heterocycles. The van der Waals surface area contributed by atoms with Crippen molar-refractivity contribution < 1.29 is 14.2 Å². The quantitative estimate of drug-likeness (QED) is 0.555. The summed E-state index contributed by atoms with van der Waals surface area (Å²) in [5, 5.41) is 0. The van der Waals surface area contributed by atoms with Crippen LogP contribution in [-0.2, 0) is 14.2 Å². The van der Waals surface area contributed by atoms with Gasteiger partial charge in [-0.15, -0.1) is 0 Å². The summed E-state index contributed by atoms with van der Waals surface area (Å²) in [6, 6.07) is 0. The fraction of sp³-hybridized carbons (Fsp3) is 1.00. The first-order valence-electron chi connectivity index (χ1n) is 5.52.